The second-order valence-corrected chi connectivity index (χ2v) is 6.98. The van der Waals surface area contributed by atoms with E-state index < -0.39 is 10.0 Å². The summed E-state index contributed by atoms with van der Waals surface area (Å²) < 4.78 is 28.3. The second kappa shape index (κ2) is 5.75. The Morgan fingerprint density at radius 2 is 1.95 bits per heavy atom. The molecule has 0 saturated heterocycles. The van der Waals surface area contributed by atoms with Crippen molar-refractivity contribution >= 4 is 44.6 Å². The van der Waals surface area contributed by atoms with E-state index in [9.17, 15) is 8.42 Å². The van der Waals surface area contributed by atoms with Crippen molar-refractivity contribution in [3.63, 3.8) is 0 Å². The van der Waals surface area contributed by atoms with E-state index >= 15 is 0 Å². The smallest absolute Gasteiger partial charge is 0.282 e. The van der Waals surface area contributed by atoms with Crippen LogP contribution in [0.4, 0.5) is 11.4 Å². The Bertz CT molecular complexity index is 772. The predicted molar refractivity (Wildman–Crippen MR) is 84.8 cm³/mol. The molecule has 1 N–H and O–H groups in total. The molecule has 114 valence electrons. The van der Waals surface area contributed by atoms with Gasteiger partial charge in [0.1, 0.15) is 5.15 Å². The Kier molecular flexibility index (Phi) is 4.36. The number of nitrogens with one attached hydrogen (secondary N) is 1. The number of rotatable bonds is 4. The van der Waals surface area contributed by atoms with Crippen LogP contribution in [0.3, 0.4) is 0 Å². The zero-order valence-corrected chi connectivity index (χ0v) is 14.0. The quantitative estimate of drug-likeness (QED) is 0.921. The van der Waals surface area contributed by atoms with Crippen LogP contribution in [0.1, 0.15) is 0 Å². The van der Waals surface area contributed by atoms with Crippen molar-refractivity contribution in [2.24, 2.45) is 7.05 Å². The Hall–Kier alpha value is -1.44. The van der Waals surface area contributed by atoms with Crippen LogP contribution in [0, 0.1) is 0 Å². The Labute approximate surface area is 133 Å². The molecule has 0 unspecified atom stereocenters. The SMILES string of the molecule is CN(C)c1ccc(NS(=O)(=O)c2ncn(C)c2Cl)cc1Cl. The molecule has 0 aliphatic carbocycles. The highest BCUT2D eigenvalue weighted by atomic mass is 35.5. The maximum Gasteiger partial charge on any atom is 0.282 e. The van der Waals surface area contributed by atoms with Crippen molar-refractivity contribution in [2.75, 3.05) is 23.7 Å². The lowest BCUT2D eigenvalue weighted by molar-refractivity contribution is 0.598. The molecule has 2 rings (SSSR count). The average Bonchev–Trinajstić information content (AvgIpc) is 2.69. The van der Waals surface area contributed by atoms with Gasteiger partial charge in [-0.05, 0) is 18.2 Å². The van der Waals surface area contributed by atoms with Gasteiger partial charge in [0.05, 0.1) is 22.7 Å². The predicted octanol–water partition coefficient (Wildman–Crippen LogP) is 2.59. The number of aryl methyl sites for hydroxylation is 1. The molecular weight excluding hydrogens is 335 g/mol. The summed E-state index contributed by atoms with van der Waals surface area (Å²) in [5, 5.41) is 0.255. The highest BCUT2D eigenvalue weighted by Crippen LogP contribution is 2.29. The molecule has 0 radical (unpaired) electrons. The van der Waals surface area contributed by atoms with Gasteiger partial charge >= 0.3 is 0 Å². The molecule has 0 spiro atoms. The summed E-state index contributed by atoms with van der Waals surface area (Å²) in [5.74, 6) is 0. The standard InChI is InChI=1S/C12H14Cl2N4O2S/c1-17(2)10-5-4-8(6-9(10)13)16-21(19,20)12-11(14)18(3)7-15-12/h4-7,16H,1-3H3. The van der Waals surface area contributed by atoms with Gasteiger partial charge in [0.25, 0.3) is 10.0 Å². The highest BCUT2D eigenvalue weighted by molar-refractivity contribution is 7.92. The molecule has 0 saturated carbocycles. The fraction of sp³-hybridized carbons (Fsp3) is 0.250. The zero-order valence-electron chi connectivity index (χ0n) is 11.6. The summed E-state index contributed by atoms with van der Waals surface area (Å²) in [4.78, 5) is 5.62. The van der Waals surface area contributed by atoms with Crippen LogP contribution in [0.15, 0.2) is 29.6 Å². The van der Waals surface area contributed by atoms with E-state index in [1.54, 1.807) is 19.2 Å². The molecule has 1 aromatic heterocycles. The molecule has 2 aromatic rings. The summed E-state index contributed by atoms with van der Waals surface area (Å²) in [6.07, 6.45) is 1.33. The Morgan fingerprint density at radius 3 is 2.43 bits per heavy atom. The molecule has 1 aromatic carbocycles. The van der Waals surface area contributed by atoms with Gasteiger partial charge < -0.3 is 9.47 Å². The van der Waals surface area contributed by atoms with Crippen LogP contribution in [-0.2, 0) is 17.1 Å². The van der Waals surface area contributed by atoms with E-state index in [1.807, 2.05) is 19.0 Å². The molecule has 1 heterocycles. The molecule has 0 aliphatic rings. The molecule has 9 heteroatoms. The maximum absolute atomic E-state index is 12.2. The first kappa shape index (κ1) is 15.9. The Morgan fingerprint density at radius 1 is 1.29 bits per heavy atom. The molecule has 21 heavy (non-hydrogen) atoms. The van der Waals surface area contributed by atoms with E-state index in [4.69, 9.17) is 23.2 Å². The van der Waals surface area contributed by atoms with Crippen LogP contribution in [-0.4, -0.2) is 32.1 Å². The molecule has 0 bridgehead atoms. The van der Waals surface area contributed by atoms with Gasteiger partial charge in [0.2, 0.25) is 5.03 Å². The largest absolute Gasteiger partial charge is 0.376 e. The first-order chi connectivity index (χ1) is 9.72. The van der Waals surface area contributed by atoms with Crippen LogP contribution in [0.25, 0.3) is 0 Å². The van der Waals surface area contributed by atoms with Gasteiger partial charge in [-0.25, -0.2) is 4.98 Å². The Balaban J connectivity index is 2.33. The molecular formula is C12H14Cl2N4O2S. The summed E-state index contributed by atoms with van der Waals surface area (Å²) in [5.41, 5.74) is 1.13. The fourth-order valence-electron chi connectivity index (χ4n) is 1.71. The molecule has 0 amide bonds. The molecule has 6 nitrogen and oxygen atoms in total. The second-order valence-electron chi connectivity index (χ2n) is 4.62. The van der Waals surface area contributed by atoms with Crippen molar-refractivity contribution in [1.82, 2.24) is 9.55 Å². The number of nitrogens with zero attached hydrogens (tertiary/aromatic N) is 3. The van der Waals surface area contributed by atoms with Crippen LogP contribution in [0.2, 0.25) is 10.2 Å². The van der Waals surface area contributed by atoms with E-state index in [1.165, 1.54) is 17.0 Å². The maximum atomic E-state index is 12.2. The number of hydrogen-bond donors (Lipinski definition) is 1. The summed E-state index contributed by atoms with van der Waals surface area (Å²) >= 11 is 12.0. The lowest BCUT2D eigenvalue weighted by Crippen LogP contribution is -2.14. The number of anilines is 2. The van der Waals surface area contributed by atoms with Gasteiger partial charge in [-0.2, -0.15) is 8.42 Å². The highest BCUT2D eigenvalue weighted by Gasteiger charge is 2.22. The summed E-state index contributed by atoms with van der Waals surface area (Å²) in [7, 11) is 1.44. The zero-order chi connectivity index (χ0) is 15.8. The van der Waals surface area contributed by atoms with Gasteiger partial charge in [0, 0.05) is 21.1 Å². The number of hydrogen-bond acceptors (Lipinski definition) is 4. The minimum Gasteiger partial charge on any atom is -0.376 e. The summed E-state index contributed by atoms with van der Waals surface area (Å²) in [6, 6.07) is 4.88. The first-order valence-electron chi connectivity index (χ1n) is 5.89. The minimum absolute atomic E-state index is 0.0403. The minimum atomic E-state index is -3.86. The third-order valence-corrected chi connectivity index (χ3v) is 4.94. The van der Waals surface area contributed by atoms with E-state index in [0.29, 0.717) is 10.7 Å². The van der Waals surface area contributed by atoms with Gasteiger partial charge in [-0.3, -0.25) is 4.72 Å². The van der Waals surface area contributed by atoms with E-state index in [0.717, 1.165) is 5.69 Å². The number of benzene rings is 1. The molecule has 0 atom stereocenters. The van der Waals surface area contributed by atoms with Crippen molar-refractivity contribution in [3.05, 3.63) is 34.7 Å². The average molecular weight is 349 g/mol. The molecule has 0 aliphatic heterocycles. The first-order valence-corrected chi connectivity index (χ1v) is 8.13. The number of imidazole rings is 1. The van der Waals surface area contributed by atoms with Gasteiger partial charge in [-0.1, -0.05) is 23.2 Å². The monoisotopic (exact) mass is 348 g/mol. The van der Waals surface area contributed by atoms with Gasteiger partial charge in [-0.15, -0.1) is 0 Å². The van der Waals surface area contributed by atoms with Crippen molar-refractivity contribution in [1.29, 1.82) is 0 Å². The lowest BCUT2D eigenvalue weighted by atomic mass is 10.3. The summed E-state index contributed by atoms with van der Waals surface area (Å²) in [6.45, 7) is 0. The normalized spacial score (nSPS) is 11.5. The van der Waals surface area contributed by atoms with Crippen LogP contribution < -0.4 is 9.62 Å². The number of aromatic nitrogens is 2. The van der Waals surface area contributed by atoms with Crippen LogP contribution >= 0.6 is 23.2 Å². The van der Waals surface area contributed by atoms with Crippen molar-refractivity contribution < 1.29 is 8.42 Å². The third-order valence-electron chi connectivity index (χ3n) is 2.77. The fourth-order valence-corrected chi connectivity index (χ4v) is 3.54. The van der Waals surface area contributed by atoms with Crippen LogP contribution in [0.5, 0.6) is 0 Å². The molecule has 0 fully saturated rings. The van der Waals surface area contributed by atoms with Gasteiger partial charge in [0.15, 0.2) is 0 Å². The lowest BCUT2D eigenvalue weighted by Gasteiger charge is -2.15. The number of halogens is 2. The number of sulfonamides is 1. The van der Waals surface area contributed by atoms with E-state index in [-0.39, 0.29) is 10.2 Å². The third kappa shape index (κ3) is 3.25. The van der Waals surface area contributed by atoms with E-state index in [2.05, 4.69) is 9.71 Å². The van der Waals surface area contributed by atoms with Crippen molar-refractivity contribution in [3.8, 4) is 0 Å². The van der Waals surface area contributed by atoms with Crippen molar-refractivity contribution in [2.45, 2.75) is 5.03 Å². The topological polar surface area (TPSA) is 67.2 Å².